The molecule has 26 heavy (non-hydrogen) atoms. The molecule has 2 rings (SSSR count). The van der Waals surface area contributed by atoms with Gasteiger partial charge in [0, 0.05) is 13.0 Å². The van der Waals surface area contributed by atoms with Gasteiger partial charge in [-0.05, 0) is 18.1 Å². The molecule has 1 heterocycles. The van der Waals surface area contributed by atoms with Crippen molar-refractivity contribution in [2.24, 2.45) is 5.92 Å². The summed E-state index contributed by atoms with van der Waals surface area (Å²) in [5.74, 6) is -3.43. The van der Waals surface area contributed by atoms with Gasteiger partial charge >= 0.3 is 12.1 Å². The average molecular weight is 372 g/mol. The maximum Gasteiger partial charge on any atom is 0.406 e. The summed E-state index contributed by atoms with van der Waals surface area (Å²) in [7, 11) is 0. The third-order valence-electron chi connectivity index (χ3n) is 4.21. The van der Waals surface area contributed by atoms with E-state index in [0.29, 0.717) is 10.5 Å². The highest BCUT2D eigenvalue weighted by Gasteiger charge is 2.41. The topological polar surface area (TPSA) is 86.7 Å². The molecular weight excluding hydrogens is 353 g/mol. The van der Waals surface area contributed by atoms with Crippen LogP contribution in [0.15, 0.2) is 24.3 Å². The number of likely N-dealkylation sites (tertiary alicyclic amines) is 1. The zero-order valence-corrected chi connectivity index (χ0v) is 14.0. The minimum absolute atomic E-state index is 0.324. The van der Waals surface area contributed by atoms with Gasteiger partial charge in [0.1, 0.15) is 6.54 Å². The first-order valence-electron chi connectivity index (χ1n) is 7.99. The van der Waals surface area contributed by atoms with Crippen molar-refractivity contribution >= 4 is 17.8 Å². The van der Waals surface area contributed by atoms with Crippen LogP contribution in [-0.2, 0) is 14.4 Å². The summed E-state index contributed by atoms with van der Waals surface area (Å²) in [4.78, 5) is 35.8. The number of carboxylic acids is 1. The van der Waals surface area contributed by atoms with Crippen LogP contribution in [0, 0.1) is 12.8 Å². The third kappa shape index (κ3) is 5.21. The van der Waals surface area contributed by atoms with Gasteiger partial charge in [-0.25, -0.2) is 0 Å². The van der Waals surface area contributed by atoms with E-state index in [1.54, 1.807) is 31.2 Å². The van der Waals surface area contributed by atoms with E-state index in [4.69, 9.17) is 5.11 Å². The zero-order valence-electron chi connectivity index (χ0n) is 14.0. The van der Waals surface area contributed by atoms with Crippen LogP contribution >= 0.6 is 0 Å². The minimum Gasteiger partial charge on any atom is -0.481 e. The molecule has 9 heteroatoms. The van der Waals surface area contributed by atoms with Crippen LogP contribution < -0.4 is 5.32 Å². The third-order valence-corrected chi connectivity index (χ3v) is 4.21. The van der Waals surface area contributed by atoms with E-state index in [9.17, 15) is 27.6 Å². The smallest absolute Gasteiger partial charge is 0.406 e. The normalized spacial score (nSPS) is 18.7. The van der Waals surface area contributed by atoms with Crippen LogP contribution in [-0.4, -0.2) is 47.1 Å². The van der Waals surface area contributed by atoms with Gasteiger partial charge in [-0.15, -0.1) is 0 Å². The van der Waals surface area contributed by atoms with E-state index < -0.39 is 42.5 Å². The first kappa shape index (κ1) is 19.7. The molecule has 2 amide bonds. The molecule has 1 aromatic carbocycles. The van der Waals surface area contributed by atoms with Crippen molar-refractivity contribution in [2.75, 3.05) is 13.1 Å². The molecule has 1 fully saturated rings. The molecule has 1 aliphatic rings. The van der Waals surface area contributed by atoms with Crippen molar-refractivity contribution in [3.8, 4) is 0 Å². The van der Waals surface area contributed by atoms with Gasteiger partial charge < -0.3 is 15.3 Å². The number of nitrogens with one attached hydrogen (secondary N) is 1. The number of hydrogen-bond acceptors (Lipinski definition) is 3. The number of hydrogen-bond donors (Lipinski definition) is 2. The maximum absolute atomic E-state index is 12.5. The van der Waals surface area contributed by atoms with Gasteiger partial charge in [-0.3, -0.25) is 14.4 Å². The van der Waals surface area contributed by atoms with Gasteiger partial charge in [0.2, 0.25) is 11.8 Å². The molecule has 142 valence electrons. The first-order chi connectivity index (χ1) is 12.1. The number of carbonyl (C=O) groups excluding carboxylic acids is 2. The Morgan fingerprint density at radius 3 is 2.58 bits per heavy atom. The van der Waals surface area contributed by atoms with Gasteiger partial charge in [0.25, 0.3) is 0 Å². The predicted octanol–water partition coefficient (Wildman–Crippen LogP) is 2.04. The van der Waals surface area contributed by atoms with Crippen LogP contribution in [0.2, 0.25) is 0 Å². The Kier molecular flexibility index (Phi) is 5.89. The number of aliphatic carboxylic acids is 1. The van der Waals surface area contributed by atoms with E-state index >= 15 is 0 Å². The Bertz CT molecular complexity index is 705. The lowest BCUT2D eigenvalue weighted by Gasteiger charge is -2.22. The number of carboxylic acid groups (broad SMARTS) is 1. The second-order valence-electron chi connectivity index (χ2n) is 6.31. The van der Waals surface area contributed by atoms with Crippen molar-refractivity contribution in [3.63, 3.8) is 0 Å². The molecule has 0 spiro atoms. The summed E-state index contributed by atoms with van der Waals surface area (Å²) in [6.07, 6.45) is -5.23. The number of carbonyl (C=O) groups is 3. The highest BCUT2D eigenvalue weighted by atomic mass is 19.4. The maximum atomic E-state index is 12.5. The minimum atomic E-state index is -4.53. The highest BCUT2D eigenvalue weighted by molar-refractivity contribution is 5.89. The lowest BCUT2D eigenvalue weighted by Crippen LogP contribution is -2.38. The summed E-state index contributed by atoms with van der Waals surface area (Å²) in [5.41, 5.74) is 1.39. The Morgan fingerprint density at radius 1 is 1.35 bits per heavy atom. The van der Waals surface area contributed by atoms with Gasteiger partial charge in [-0.2, -0.15) is 13.2 Å². The second-order valence-corrected chi connectivity index (χ2v) is 6.31. The van der Waals surface area contributed by atoms with Crippen molar-refractivity contribution in [1.29, 1.82) is 0 Å². The Morgan fingerprint density at radius 2 is 2.00 bits per heavy atom. The molecule has 1 aromatic rings. The van der Waals surface area contributed by atoms with Crippen molar-refractivity contribution < 1.29 is 32.7 Å². The first-order valence-corrected chi connectivity index (χ1v) is 7.99. The summed E-state index contributed by atoms with van der Waals surface area (Å²) < 4.78 is 37.4. The standard InChI is InChI=1S/C17H19F3N2O4/c1-10-4-2-3-5-12(10)13(7-15(24)25)21-16(26)11-6-14(23)22(8-11)9-17(18,19)20/h2-5,11,13H,6-9H2,1H3,(H,21,26)(H,24,25). The van der Waals surface area contributed by atoms with E-state index in [0.717, 1.165) is 5.56 Å². The summed E-state index contributed by atoms with van der Waals surface area (Å²) in [6.45, 7) is 0.0319. The molecule has 0 saturated carbocycles. The van der Waals surface area contributed by atoms with E-state index in [1.165, 1.54) is 0 Å². The highest BCUT2D eigenvalue weighted by Crippen LogP contribution is 2.26. The molecule has 0 aromatic heterocycles. The quantitative estimate of drug-likeness (QED) is 0.800. The number of nitrogens with zero attached hydrogens (tertiary/aromatic N) is 1. The molecule has 2 atom stereocenters. The number of rotatable bonds is 6. The van der Waals surface area contributed by atoms with E-state index in [2.05, 4.69) is 5.32 Å². The molecular formula is C17H19F3N2O4. The summed E-state index contributed by atoms with van der Waals surface area (Å²) in [5, 5.41) is 11.7. The summed E-state index contributed by atoms with van der Waals surface area (Å²) in [6, 6.07) is 6.09. The number of benzene rings is 1. The Balaban J connectivity index is 2.09. The van der Waals surface area contributed by atoms with Crippen LogP contribution in [0.1, 0.15) is 30.0 Å². The van der Waals surface area contributed by atoms with Crippen LogP contribution in [0.5, 0.6) is 0 Å². The van der Waals surface area contributed by atoms with E-state index in [-0.39, 0.29) is 19.4 Å². The Hall–Kier alpha value is -2.58. The van der Waals surface area contributed by atoms with Crippen molar-refractivity contribution in [2.45, 2.75) is 32.0 Å². The second kappa shape index (κ2) is 7.76. The van der Waals surface area contributed by atoms with Crippen molar-refractivity contribution in [1.82, 2.24) is 10.2 Å². The lowest BCUT2D eigenvalue weighted by molar-refractivity contribution is -0.157. The molecule has 0 radical (unpaired) electrons. The fraction of sp³-hybridized carbons (Fsp3) is 0.471. The number of amides is 2. The van der Waals surface area contributed by atoms with Crippen LogP contribution in [0.25, 0.3) is 0 Å². The van der Waals surface area contributed by atoms with E-state index in [1.807, 2.05) is 0 Å². The zero-order chi connectivity index (χ0) is 19.5. The Labute approximate surface area is 148 Å². The summed E-state index contributed by atoms with van der Waals surface area (Å²) >= 11 is 0. The van der Waals surface area contributed by atoms with Crippen LogP contribution in [0.4, 0.5) is 13.2 Å². The number of halogens is 3. The molecule has 1 saturated heterocycles. The van der Waals surface area contributed by atoms with Gasteiger partial charge in [-0.1, -0.05) is 24.3 Å². The number of aryl methyl sites for hydroxylation is 1. The molecule has 2 N–H and O–H groups in total. The largest absolute Gasteiger partial charge is 0.481 e. The fourth-order valence-corrected chi connectivity index (χ4v) is 3.00. The number of alkyl halides is 3. The fourth-order valence-electron chi connectivity index (χ4n) is 3.00. The van der Waals surface area contributed by atoms with Gasteiger partial charge in [0.05, 0.1) is 18.4 Å². The molecule has 6 nitrogen and oxygen atoms in total. The van der Waals surface area contributed by atoms with Crippen LogP contribution in [0.3, 0.4) is 0 Å². The predicted molar refractivity (Wildman–Crippen MR) is 85.1 cm³/mol. The average Bonchev–Trinajstić information content (AvgIpc) is 2.86. The molecule has 2 unspecified atom stereocenters. The van der Waals surface area contributed by atoms with Gasteiger partial charge in [0.15, 0.2) is 0 Å². The van der Waals surface area contributed by atoms with Crippen molar-refractivity contribution in [3.05, 3.63) is 35.4 Å². The monoisotopic (exact) mass is 372 g/mol. The SMILES string of the molecule is Cc1ccccc1C(CC(=O)O)NC(=O)C1CC(=O)N(CC(F)(F)F)C1. The molecule has 0 bridgehead atoms. The molecule has 0 aliphatic carbocycles. The molecule has 1 aliphatic heterocycles. The lowest BCUT2D eigenvalue weighted by atomic mass is 9.97.